The van der Waals surface area contributed by atoms with Gasteiger partial charge in [-0.25, -0.2) is 4.79 Å². The summed E-state index contributed by atoms with van der Waals surface area (Å²) in [6.07, 6.45) is 0.851. The van der Waals surface area contributed by atoms with Gasteiger partial charge in [-0.2, -0.15) is 0 Å². The average Bonchev–Trinajstić information content (AvgIpc) is 3.03. The Morgan fingerprint density at radius 1 is 1.07 bits per heavy atom. The molecular formula is C22H27NO3Si. The van der Waals surface area contributed by atoms with Crippen LogP contribution in [-0.2, 0) is 9.16 Å². The minimum atomic E-state index is -2.62. The average molecular weight is 382 g/mol. The molecule has 142 valence electrons. The molecule has 2 atom stereocenters. The molecule has 1 aliphatic rings. The summed E-state index contributed by atoms with van der Waals surface area (Å²) in [7, 11) is -2.62. The largest absolute Gasteiger partial charge is 0.440 e. The minimum Gasteiger partial charge on any atom is -0.440 e. The topological polar surface area (TPSA) is 47.6 Å². The molecule has 1 N–H and O–H groups in total. The number of nitrogens with one attached hydrogen (secondary N) is 1. The Hall–Kier alpha value is -2.37. The Morgan fingerprint density at radius 3 is 2.04 bits per heavy atom. The first-order chi connectivity index (χ1) is 12.9. The van der Waals surface area contributed by atoms with Crippen molar-refractivity contribution in [2.24, 2.45) is 0 Å². The number of alkyl carbamates (subject to hydrolysis) is 1. The highest BCUT2D eigenvalue weighted by molar-refractivity contribution is 6.99. The third-order valence-electron chi connectivity index (χ3n) is 5.07. The maximum atomic E-state index is 11.7. The number of carbonyl (C=O) groups excluding carboxylic acids is 1. The van der Waals surface area contributed by atoms with Crippen molar-refractivity contribution in [3.05, 3.63) is 73.3 Å². The lowest BCUT2D eigenvalue weighted by Crippen LogP contribution is -2.67. The Labute approximate surface area is 162 Å². The summed E-state index contributed by atoms with van der Waals surface area (Å²) in [6, 6.07) is 20.6. The number of rotatable bonds is 6. The van der Waals surface area contributed by atoms with Crippen molar-refractivity contribution in [3.8, 4) is 0 Å². The van der Waals surface area contributed by atoms with E-state index in [0.29, 0.717) is 6.61 Å². The molecule has 27 heavy (non-hydrogen) atoms. The fraction of sp³-hybridized carbons (Fsp3) is 0.318. The van der Waals surface area contributed by atoms with E-state index in [1.54, 1.807) is 6.08 Å². The zero-order chi connectivity index (χ0) is 19.5. The summed E-state index contributed by atoms with van der Waals surface area (Å²) < 4.78 is 12.1. The summed E-state index contributed by atoms with van der Waals surface area (Å²) in [5, 5.41) is 5.16. The van der Waals surface area contributed by atoms with Crippen molar-refractivity contribution >= 4 is 24.8 Å². The van der Waals surface area contributed by atoms with E-state index in [1.165, 1.54) is 10.4 Å². The van der Waals surface area contributed by atoms with Crippen LogP contribution in [0.1, 0.15) is 20.8 Å². The molecule has 2 aromatic carbocycles. The summed E-state index contributed by atoms with van der Waals surface area (Å²) >= 11 is 0. The van der Waals surface area contributed by atoms with Crippen molar-refractivity contribution in [3.63, 3.8) is 0 Å². The zero-order valence-corrected chi connectivity index (χ0v) is 17.1. The molecule has 0 bridgehead atoms. The summed E-state index contributed by atoms with van der Waals surface area (Å²) in [5.74, 6) is 0. The number of ether oxygens (including phenoxy) is 1. The smallest absolute Gasteiger partial charge is 0.408 e. The number of hydrogen-bond donors (Lipinski definition) is 1. The SMILES string of the molecule is C=C[C@H]1OC(=O)N[C@@H]1CO[Si](c1ccccc1)(c1ccccc1)C(C)(C)C. The normalized spacial score (nSPS) is 20.0. The molecule has 0 aromatic heterocycles. The Morgan fingerprint density at radius 2 is 1.59 bits per heavy atom. The predicted molar refractivity (Wildman–Crippen MR) is 111 cm³/mol. The molecule has 3 rings (SSSR count). The van der Waals surface area contributed by atoms with E-state index < -0.39 is 14.4 Å². The van der Waals surface area contributed by atoms with Crippen LogP contribution in [0.2, 0.25) is 5.04 Å². The second-order valence-corrected chi connectivity index (χ2v) is 12.1. The maximum Gasteiger partial charge on any atom is 0.408 e. The van der Waals surface area contributed by atoms with Crippen LogP contribution >= 0.6 is 0 Å². The maximum absolute atomic E-state index is 11.7. The number of benzene rings is 2. The van der Waals surface area contributed by atoms with E-state index >= 15 is 0 Å². The lowest BCUT2D eigenvalue weighted by Gasteiger charge is -2.43. The van der Waals surface area contributed by atoms with Gasteiger partial charge in [0.25, 0.3) is 8.32 Å². The van der Waals surface area contributed by atoms with Crippen molar-refractivity contribution < 1.29 is 14.0 Å². The molecule has 1 saturated heterocycles. The van der Waals surface area contributed by atoms with Gasteiger partial charge in [-0.05, 0) is 21.5 Å². The molecule has 0 aliphatic carbocycles. The number of amides is 1. The number of cyclic esters (lactones) is 1. The van der Waals surface area contributed by atoms with Crippen LogP contribution in [0.25, 0.3) is 0 Å². The van der Waals surface area contributed by atoms with Crippen LogP contribution in [-0.4, -0.2) is 33.2 Å². The van der Waals surface area contributed by atoms with Crippen molar-refractivity contribution in [1.29, 1.82) is 0 Å². The molecule has 0 spiro atoms. The van der Waals surface area contributed by atoms with Gasteiger partial charge in [-0.1, -0.05) is 88.0 Å². The Kier molecular flexibility index (Phi) is 5.53. The van der Waals surface area contributed by atoms with Crippen molar-refractivity contribution in [2.45, 2.75) is 38.0 Å². The fourth-order valence-electron chi connectivity index (χ4n) is 3.80. The molecule has 1 fully saturated rings. The van der Waals surface area contributed by atoms with E-state index in [9.17, 15) is 4.79 Å². The molecule has 4 nitrogen and oxygen atoms in total. The molecule has 0 saturated carbocycles. The first kappa shape index (κ1) is 19.4. The molecular weight excluding hydrogens is 354 g/mol. The Bertz CT molecular complexity index is 747. The van der Waals surface area contributed by atoms with Gasteiger partial charge in [0.2, 0.25) is 0 Å². The lowest BCUT2D eigenvalue weighted by molar-refractivity contribution is 0.145. The first-order valence-corrected chi connectivity index (χ1v) is 11.1. The van der Waals surface area contributed by atoms with Gasteiger partial charge in [-0.3, -0.25) is 0 Å². The van der Waals surface area contributed by atoms with Gasteiger partial charge in [0.05, 0.1) is 12.6 Å². The first-order valence-electron chi connectivity index (χ1n) is 9.23. The van der Waals surface area contributed by atoms with Crippen LogP contribution in [0, 0.1) is 0 Å². The van der Waals surface area contributed by atoms with Gasteiger partial charge in [0.1, 0.15) is 6.10 Å². The van der Waals surface area contributed by atoms with Crippen LogP contribution in [0.3, 0.4) is 0 Å². The van der Waals surface area contributed by atoms with Gasteiger partial charge >= 0.3 is 6.09 Å². The van der Waals surface area contributed by atoms with E-state index in [4.69, 9.17) is 9.16 Å². The van der Waals surface area contributed by atoms with Gasteiger partial charge in [0.15, 0.2) is 0 Å². The third-order valence-corrected chi connectivity index (χ3v) is 10.1. The highest BCUT2D eigenvalue weighted by Gasteiger charge is 2.51. The molecule has 1 amide bonds. The second kappa shape index (κ2) is 7.70. The van der Waals surface area contributed by atoms with E-state index in [-0.39, 0.29) is 17.2 Å². The monoisotopic (exact) mass is 381 g/mol. The zero-order valence-electron chi connectivity index (χ0n) is 16.1. The fourth-order valence-corrected chi connectivity index (χ4v) is 8.38. The minimum absolute atomic E-state index is 0.108. The van der Waals surface area contributed by atoms with E-state index in [2.05, 4.69) is 81.2 Å². The lowest BCUT2D eigenvalue weighted by atomic mass is 10.2. The Balaban J connectivity index is 2.04. The van der Waals surface area contributed by atoms with Gasteiger partial charge < -0.3 is 14.5 Å². The molecule has 2 aromatic rings. The third kappa shape index (κ3) is 3.70. The quantitative estimate of drug-likeness (QED) is 0.617. The standard InChI is InChI=1S/C22H27NO3Si/c1-5-20-19(23-21(24)26-20)16-25-27(22(2,3)4,17-12-8-6-9-13-17)18-14-10-7-11-15-18/h5-15,19-20H,1,16H2,2-4H3,(H,23,24)/t19-,20-/m1/s1. The number of hydrogen-bond acceptors (Lipinski definition) is 3. The molecule has 1 heterocycles. The van der Waals surface area contributed by atoms with E-state index in [0.717, 1.165) is 0 Å². The summed E-state index contributed by atoms with van der Waals surface area (Å²) in [5.41, 5.74) is 0. The predicted octanol–water partition coefficient (Wildman–Crippen LogP) is 3.23. The highest BCUT2D eigenvalue weighted by Crippen LogP contribution is 2.37. The van der Waals surface area contributed by atoms with Gasteiger partial charge in [0, 0.05) is 0 Å². The second-order valence-electron chi connectivity index (χ2n) is 7.83. The van der Waals surface area contributed by atoms with Crippen LogP contribution in [0.15, 0.2) is 73.3 Å². The molecule has 0 radical (unpaired) electrons. The van der Waals surface area contributed by atoms with Crippen LogP contribution in [0.4, 0.5) is 4.79 Å². The number of carbonyl (C=O) groups is 1. The molecule has 5 heteroatoms. The van der Waals surface area contributed by atoms with Crippen molar-refractivity contribution in [2.75, 3.05) is 6.61 Å². The van der Waals surface area contributed by atoms with Gasteiger partial charge in [-0.15, -0.1) is 0 Å². The summed E-state index contributed by atoms with van der Waals surface area (Å²) in [4.78, 5) is 11.7. The molecule has 0 unspecified atom stereocenters. The van der Waals surface area contributed by atoms with Crippen molar-refractivity contribution in [1.82, 2.24) is 5.32 Å². The van der Waals surface area contributed by atoms with E-state index in [1.807, 2.05) is 12.1 Å². The molecule has 1 aliphatic heterocycles. The summed E-state index contributed by atoms with van der Waals surface area (Å²) in [6.45, 7) is 10.8. The highest BCUT2D eigenvalue weighted by atomic mass is 28.4. The van der Waals surface area contributed by atoms with Crippen LogP contribution in [0.5, 0.6) is 0 Å². The van der Waals surface area contributed by atoms with Crippen LogP contribution < -0.4 is 15.7 Å².